The van der Waals surface area contributed by atoms with E-state index in [0.717, 1.165) is 16.3 Å². The van der Waals surface area contributed by atoms with E-state index in [0.29, 0.717) is 23.2 Å². The first kappa shape index (κ1) is 26.7. The van der Waals surface area contributed by atoms with E-state index in [9.17, 15) is 0 Å². The molecule has 164 valence electrons. The summed E-state index contributed by atoms with van der Waals surface area (Å²) in [6.45, 7) is 19.2. The SMILES string of the molecule is C=C(NSc1cccc(N)n1)c1ccc(-n2ccc(C)n2)nc1NC([CH2-])(C)C.[CH2-]C.[Mo+2]. The normalized spacial score (nSPS) is 10.4. The minimum Gasteiger partial charge on any atom is -0.394 e. The fourth-order valence-corrected chi connectivity index (χ4v) is 3.07. The summed E-state index contributed by atoms with van der Waals surface area (Å²) in [7, 11) is 0. The molecule has 0 fully saturated rings. The van der Waals surface area contributed by atoms with Crippen molar-refractivity contribution in [3.8, 4) is 5.82 Å². The Morgan fingerprint density at radius 1 is 1.16 bits per heavy atom. The average Bonchev–Trinajstić information content (AvgIpc) is 3.13. The van der Waals surface area contributed by atoms with E-state index in [2.05, 4.69) is 40.5 Å². The summed E-state index contributed by atoms with van der Waals surface area (Å²) in [6, 6.07) is 11.3. The Morgan fingerprint density at radius 3 is 2.45 bits per heavy atom. The monoisotopic (exact) mass is 521 g/mol. The second-order valence-corrected chi connectivity index (χ2v) is 7.89. The summed E-state index contributed by atoms with van der Waals surface area (Å²) in [5.41, 5.74) is 7.77. The van der Waals surface area contributed by atoms with Crippen LogP contribution in [0.1, 0.15) is 32.0 Å². The van der Waals surface area contributed by atoms with Crippen LogP contribution in [0.3, 0.4) is 0 Å². The Morgan fingerprint density at radius 2 is 1.87 bits per heavy atom. The molecular formula is C22H29MoN7S. The van der Waals surface area contributed by atoms with Crippen LogP contribution < -0.4 is 15.8 Å². The molecule has 3 heterocycles. The van der Waals surface area contributed by atoms with Crippen LogP contribution in [0.4, 0.5) is 11.6 Å². The number of aromatic nitrogens is 4. The molecule has 0 atom stereocenters. The van der Waals surface area contributed by atoms with Gasteiger partial charge in [-0.3, -0.25) is 0 Å². The quantitative estimate of drug-likeness (QED) is 0.237. The first-order valence-corrected chi connectivity index (χ1v) is 10.3. The van der Waals surface area contributed by atoms with Gasteiger partial charge in [-0.1, -0.05) is 32.0 Å². The summed E-state index contributed by atoms with van der Waals surface area (Å²) >= 11 is 1.34. The predicted octanol–water partition coefficient (Wildman–Crippen LogP) is 4.68. The number of nitrogens with zero attached hydrogens (tertiary/aromatic N) is 4. The molecule has 0 saturated heterocycles. The summed E-state index contributed by atoms with van der Waals surface area (Å²) < 4.78 is 4.95. The Hall–Kier alpha value is -2.31. The van der Waals surface area contributed by atoms with Crippen LogP contribution in [0.2, 0.25) is 0 Å². The van der Waals surface area contributed by atoms with Gasteiger partial charge in [0.1, 0.15) is 16.7 Å². The van der Waals surface area contributed by atoms with Crippen molar-refractivity contribution < 1.29 is 21.1 Å². The van der Waals surface area contributed by atoms with Crippen molar-refractivity contribution in [2.75, 3.05) is 11.1 Å². The number of pyridine rings is 2. The molecule has 0 spiro atoms. The van der Waals surface area contributed by atoms with E-state index in [1.54, 1.807) is 17.7 Å². The van der Waals surface area contributed by atoms with E-state index in [1.165, 1.54) is 11.9 Å². The van der Waals surface area contributed by atoms with Crippen molar-refractivity contribution in [1.82, 2.24) is 24.5 Å². The topological polar surface area (TPSA) is 93.7 Å². The molecule has 0 aliphatic rings. The molecule has 31 heavy (non-hydrogen) atoms. The molecule has 0 radical (unpaired) electrons. The third-order valence-corrected chi connectivity index (χ3v) is 4.43. The first-order valence-electron chi connectivity index (χ1n) is 9.44. The number of anilines is 2. The number of nitrogen functional groups attached to an aromatic ring is 1. The molecule has 4 N–H and O–H groups in total. The van der Waals surface area contributed by atoms with Gasteiger partial charge in [0.15, 0.2) is 5.82 Å². The van der Waals surface area contributed by atoms with Crippen molar-refractivity contribution in [2.45, 2.75) is 38.3 Å². The number of nitrogens with one attached hydrogen (secondary N) is 2. The Bertz CT molecular complexity index is 996. The zero-order valence-corrected chi connectivity index (χ0v) is 21.2. The Balaban J connectivity index is 0.00000156. The van der Waals surface area contributed by atoms with Crippen LogP contribution >= 0.6 is 11.9 Å². The fraction of sp³-hybridized carbons (Fsp3) is 0.227. The van der Waals surface area contributed by atoms with Gasteiger partial charge in [-0.05, 0) is 37.3 Å². The third-order valence-electron chi connectivity index (χ3n) is 3.64. The zero-order chi connectivity index (χ0) is 22.3. The van der Waals surface area contributed by atoms with E-state index in [1.807, 2.05) is 57.3 Å². The van der Waals surface area contributed by atoms with Crippen LogP contribution in [0.25, 0.3) is 11.5 Å². The molecule has 0 aromatic carbocycles. The molecule has 0 aliphatic heterocycles. The second-order valence-electron chi connectivity index (χ2n) is 7.06. The molecule has 0 saturated carbocycles. The maximum atomic E-state index is 5.73. The number of hydrogen-bond acceptors (Lipinski definition) is 7. The van der Waals surface area contributed by atoms with Crippen molar-refractivity contribution >= 4 is 29.3 Å². The van der Waals surface area contributed by atoms with Crippen molar-refractivity contribution in [3.05, 3.63) is 74.3 Å². The molecule has 7 nitrogen and oxygen atoms in total. The van der Waals surface area contributed by atoms with Gasteiger partial charge in [0.2, 0.25) is 0 Å². The van der Waals surface area contributed by atoms with Crippen molar-refractivity contribution in [1.29, 1.82) is 0 Å². The number of hydrogen-bond donors (Lipinski definition) is 3. The molecule has 0 bridgehead atoms. The molecular weight excluding hydrogens is 490 g/mol. The maximum absolute atomic E-state index is 5.73. The van der Waals surface area contributed by atoms with Crippen molar-refractivity contribution in [3.63, 3.8) is 0 Å². The molecule has 3 aromatic heterocycles. The number of rotatable bonds is 7. The summed E-state index contributed by atoms with van der Waals surface area (Å²) in [5, 5.41) is 8.53. The van der Waals surface area contributed by atoms with Crippen molar-refractivity contribution in [2.24, 2.45) is 0 Å². The summed E-state index contributed by atoms with van der Waals surface area (Å²) in [6.07, 6.45) is 1.88. The average molecular weight is 520 g/mol. The van der Waals surface area contributed by atoms with Crippen LogP contribution in [-0.4, -0.2) is 25.3 Å². The zero-order valence-electron chi connectivity index (χ0n) is 18.3. The molecule has 9 heteroatoms. The van der Waals surface area contributed by atoms with E-state index < -0.39 is 5.54 Å². The van der Waals surface area contributed by atoms with Gasteiger partial charge in [0.25, 0.3) is 0 Å². The van der Waals surface area contributed by atoms with Gasteiger partial charge in [0, 0.05) is 29.4 Å². The molecule has 0 aliphatic carbocycles. The molecule has 0 amide bonds. The maximum Gasteiger partial charge on any atom is 2.00 e. The minimum absolute atomic E-state index is 0. The fourth-order valence-electron chi connectivity index (χ4n) is 2.43. The largest absolute Gasteiger partial charge is 2.00 e. The van der Waals surface area contributed by atoms with Gasteiger partial charge >= 0.3 is 21.1 Å². The standard InChI is InChI=1S/C20H24N7S.C2H5.Mo/c1-13-11-12-27(25-13)17-10-9-15(19(23-17)24-20(3,4)5)14(2)26-28-18-8-6-7-16(21)22-18;1-2;/h6-12,26H,2-3H2,1,4-5H3,(H2,21,22)(H,23,24);1H2,2H3;/q2*-1;+2. The van der Waals surface area contributed by atoms with Gasteiger partial charge in [0.05, 0.1) is 5.69 Å². The van der Waals surface area contributed by atoms with Gasteiger partial charge in [-0.2, -0.15) is 12.0 Å². The minimum atomic E-state index is -0.413. The Kier molecular flexibility index (Phi) is 10.3. The number of aryl methyl sites for hydroxylation is 1. The van der Waals surface area contributed by atoms with E-state index in [-0.39, 0.29) is 21.1 Å². The van der Waals surface area contributed by atoms with Crippen LogP contribution in [-0.2, 0) is 21.1 Å². The summed E-state index contributed by atoms with van der Waals surface area (Å²) in [4.78, 5) is 9.00. The molecule has 3 aromatic rings. The second kappa shape index (κ2) is 11.9. The third kappa shape index (κ3) is 8.03. The molecule has 0 unspecified atom stereocenters. The van der Waals surface area contributed by atoms with Crippen LogP contribution in [0.5, 0.6) is 0 Å². The smallest absolute Gasteiger partial charge is 0.394 e. The molecule has 3 rings (SSSR count). The van der Waals surface area contributed by atoms with Gasteiger partial charge in [-0.25, -0.2) is 14.6 Å². The Labute approximate surface area is 203 Å². The summed E-state index contributed by atoms with van der Waals surface area (Å²) in [5.74, 6) is 1.85. The van der Waals surface area contributed by atoms with Crippen LogP contribution in [0, 0.1) is 20.8 Å². The van der Waals surface area contributed by atoms with Crippen LogP contribution in [0.15, 0.2) is 54.2 Å². The van der Waals surface area contributed by atoms with E-state index >= 15 is 0 Å². The van der Waals surface area contributed by atoms with Gasteiger partial charge < -0.3 is 29.6 Å². The predicted molar refractivity (Wildman–Crippen MR) is 127 cm³/mol. The number of nitrogens with two attached hydrogens (primary N) is 1. The first-order chi connectivity index (χ1) is 14.2. The van der Waals surface area contributed by atoms with E-state index in [4.69, 9.17) is 10.7 Å². The van der Waals surface area contributed by atoms with Gasteiger partial charge in [-0.15, -0.1) is 0 Å².